The van der Waals surface area contributed by atoms with Gasteiger partial charge >= 0.3 is 7.60 Å². The minimum atomic E-state index is -2.81. The van der Waals surface area contributed by atoms with Gasteiger partial charge in [0.2, 0.25) is 0 Å². The van der Waals surface area contributed by atoms with Gasteiger partial charge in [0.05, 0.1) is 13.2 Å². The summed E-state index contributed by atoms with van der Waals surface area (Å²) >= 11 is 0. The molecule has 1 saturated heterocycles. The van der Waals surface area contributed by atoms with E-state index >= 15 is 0 Å². The van der Waals surface area contributed by atoms with Crippen LogP contribution in [-0.2, 0) is 13.6 Å². The van der Waals surface area contributed by atoms with Crippen LogP contribution in [0.1, 0.15) is 13.8 Å². The molecule has 0 spiro atoms. The van der Waals surface area contributed by atoms with E-state index in [0.29, 0.717) is 19.4 Å². The van der Waals surface area contributed by atoms with Gasteiger partial charge in [-0.05, 0) is 6.92 Å². The van der Waals surface area contributed by atoms with Crippen molar-refractivity contribution in [2.45, 2.75) is 13.8 Å². The van der Waals surface area contributed by atoms with Crippen LogP contribution in [0.4, 0.5) is 0 Å². The Bertz CT molecular complexity index is 232. The summed E-state index contributed by atoms with van der Waals surface area (Å²) in [5.41, 5.74) is 0. The van der Waals surface area contributed by atoms with Crippen LogP contribution in [0.15, 0.2) is 0 Å². The molecule has 1 aliphatic heterocycles. The zero-order valence-corrected chi connectivity index (χ0v) is 11.2. The zero-order valence-electron chi connectivity index (χ0n) is 10.3. The molecule has 0 aromatic carbocycles. The van der Waals surface area contributed by atoms with E-state index in [9.17, 15) is 4.57 Å². The highest BCUT2D eigenvalue weighted by Crippen LogP contribution is 2.47. The van der Waals surface area contributed by atoms with Crippen molar-refractivity contribution in [3.63, 3.8) is 0 Å². The number of nitrogens with one attached hydrogen (secondary N) is 1. The van der Waals surface area contributed by atoms with Gasteiger partial charge in [-0.15, -0.1) is 0 Å². The molecule has 0 saturated carbocycles. The molecule has 96 valence electrons. The zero-order chi connectivity index (χ0) is 11.9. The standard InChI is InChI=1S/C10H23N2O3P/c1-3-14-16(13,4-2)15-10-9-12-7-5-11-6-8-12/h11H,3-10H2,1-2H3. The van der Waals surface area contributed by atoms with Gasteiger partial charge in [0.1, 0.15) is 0 Å². The maximum Gasteiger partial charge on any atom is 0.330 e. The largest absolute Gasteiger partial charge is 0.330 e. The summed E-state index contributed by atoms with van der Waals surface area (Å²) in [7, 11) is -2.81. The number of piperazine rings is 1. The van der Waals surface area contributed by atoms with E-state index in [1.807, 2.05) is 13.8 Å². The van der Waals surface area contributed by atoms with Crippen LogP contribution < -0.4 is 5.32 Å². The van der Waals surface area contributed by atoms with Crippen LogP contribution in [0.2, 0.25) is 0 Å². The fourth-order valence-corrected chi connectivity index (χ4v) is 2.85. The van der Waals surface area contributed by atoms with Crippen molar-refractivity contribution in [3.05, 3.63) is 0 Å². The van der Waals surface area contributed by atoms with Crippen molar-refractivity contribution >= 4 is 7.60 Å². The molecule has 6 heteroatoms. The Labute approximate surface area is 98.0 Å². The van der Waals surface area contributed by atoms with Crippen LogP contribution in [0.25, 0.3) is 0 Å². The Morgan fingerprint density at radius 1 is 1.25 bits per heavy atom. The summed E-state index contributed by atoms with van der Waals surface area (Å²) in [5.74, 6) is 0. The second kappa shape index (κ2) is 7.41. The van der Waals surface area contributed by atoms with Crippen LogP contribution >= 0.6 is 7.60 Å². The molecule has 0 bridgehead atoms. The van der Waals surface area contributed by atoms with E-state index in [1.165, 1.54) is 0 Å². The first-order valence-electron chi connectivity index (χ1n) is 6.01. The summed E-state index contributed by atoms with van der Waals surface area (Å²) in [4.78, 5) is 2.31. The van der Waals surface area contributed by atoms with Crippen molar-refractivity contribution in [2.75, 3.05) is 52.1 Å². The topological polar surface area (TPSA) is 50.8 Å². The number of hydrogen-bond donors (Lipinski definition) is 1. The lowest BCUT2D eigenvalue weighted by molar-refractivity contribution is 0.165. The van der Waals surface area contributed by atoms with E-state index in [2.05, 4.69) is 10.2 Å². The molecule has 1 fully saturated rings. The average Bonchev–Trinajstić information content (AvgIpc) is 2.31. The predicted molar refractivity (Wildman–Crippen MR) is 65.0 cm³/mol. The van der Waals surface area contributed by atoms with Gasteiger partial charge in [-0.2, -0.15) is 0 Å². The third-order valence-corrected chi connectivity index (χ3v) is 4.62. The highest BCUT2D eigenvalue weighted by molar-refractivity contribution is 7.53. The Morgan fingerprint density at radius 3 is 2.50 bits per heavy atom. The molecule has 1 rings (SSSR count). The second-order valence-electron chi connectivity index (χ2n) is 3.77. The Morgan fingerprint density at radius 2 is 1.94 bits per heavy atom. The van der Waals surface area contributed by atoms with Crippen molar-refractivity contribution in [1.29, 1.82) is 0 Å². The van der Waals surface area contributed by atoms with Crippen LogP contribution in [-0.4, -0.2) is 57.0 Å². The molecule has 0 aromatic heterocycles. The van der Waals surface area contributed by atoms with Gasteiger partial charge < -0.3 is 14.4 Å². The molecule has 0 aliphatic carbocycles. The number of nitrogens with zero attached hydrogens (tertiary/aromatic N) is 1. The van der Waals surface area contributed by atoms with Crippen molar-refractivity contribution in [2.24, 2.45) is 0 Å². The normalized spacial score (nSPS) is 21.9. The lowest BCUT2D eigenvalue weighted by atomic mass is 10.4. The lowest BCUT2D eigenvalue weighted by Crippen LogP contribution is -2.44. The summed E-state index contributed by atoms with van der Waals surface area (Å²) in [6, 6.07) is 0. The average molecular weight is 250 g/mol. The first kappa shape index (κ1) is 14.1. The summed E-state index contributed by atoms with van der Waals surface area (Å²) in [5, 5.41) is 3.29. The van der Waals surface area contributed by atoms with Crippen molar-refractivity contribution in [1.82, 2.24) is 10.2 Å². The third kappa shape index (κ3) is 4.93. The highest BCUT2D eigenvalue weighted by Gasteiger charge is 2.21. The van der Waals surface area contributed by atoms with E-state index in [-0.39, 0.29) is 0 Å². The number of hydrogen-bond acceptors (Lipinski definition) is 5. The van der Waals surface area contributed by atoms with E-state index in [4.69, 9.17) is 9.05 Å². The Kier molecular flexibility index (Phi) is 6.54. The predicted octanol–water partition coefficient (Wildman–Crippen LogP) is 1.16. The fraction of sp³-hybridized carbons (Fsp3) is 1.00. The molecule has 5 nitrogen and oxygen atoms in total. The van der Waals surface area contributed by atoms with Gasteiger partial charge in [-0.1, -0.05) is 6.92 Å². The molecule has 16 heavy (non-hydrogen) atoms. The molecular formula is C10H23N2O3P. The van der Waals surface area contributed by atoms with Gasteiger partial charge in [-0.3, -0.25) is 9.46 Å². The molecule has 0 radical (unpaired) electrons. The van der Waals surface area contributed by atoms with E-state index in [0.717, 1.165) is 32.7 Å². The molecular weight excluding hydrogens is 227 g/mol. The maximum atomic E-state index is 11.9. The molecule has 0 aromatic rings. The van der Waals surface area contributed by atoms with Gasteiger partial charge in [0.15, 0.2) is 0 Å². The van der Waals surface area contributed by atoms with Crippen molar-refractivity contribution in [3.8, 4) is 0 Å². The first-order chi connectivity index (χ1) is 7.70. The third-order valence-electron chi connectivity index (χ3n) is 2.62. The lowest BCUT2D eigenvalue weighted by Gasteiger charge is -2.27. The van der Waals surface area contributed by atoms with E-state index < -0.39 is 7.60 Å². The molecule has 1 atom stereocenters. The van der Waals surface area contributed by atoms with Gasteiger partial charge in [0, 0.05) is 38.9 Å². The monoisotopic (exact) mass is 250 g/mol. The minimum Gasteiger partial charge on any atom is -0.314 e. The minimum absolute atomic E-state index is 0.443. The van der Waals surface area contributed by atoms with Crippen LogP contribution in [0, 0.1) is 0 Å². The second-order valence-corrected chi connectivity index (χ2v) is 6.14. The molecule has 1 N–H and O–H groups in total. The Balaban J connectivity index is 2.19. The number of rotatable bonds is 7. The summed E-state index contributed by atoms with van der Waals surface area (Å²) in [6.45, 7) is 9.56. The highest BCUT2D eigenvalue weighted by atomic mass is 31.2. The fourth-order valence-electron chi connectivity index (χ4n) is 1.66. The van der Waals surface area contributed by atoms with Crippen molar-refractivity contribution < 1.29 is 13.6 Å². The molecule has 1 unspecified atom stereocenters. The molecule has 1 heterocycles. The molecule has 1 aliphatic rings. The van der Waals surface area contributed by atoms with Crippen LogP contribution in [0.5, 0.6) is 0 Å². The molecule has 0 amide bonds. The quantitative estimate of drug-likeness (QED) is 0.687. The summed E-state index contributed by atoms with van der Waals surface area (Å²) in [6.07, 6.45) is 0.447. The first-order valence-corrected chi connectivity index (χ1v) is 7.74. The smallest absolute Gasteiger partial charge is 0.314 e. The van der Waals surface area contributed by atoms with E-state index in [1.54, 1.807) is 0 Å². The summed E-state index contributed by atoms with van der Waals surface area (Å²) < 4.78 is 22.5. The van der Waals surface area contributed by atoms with Crippen LogP contribution in [0.3, 0.4) is 0 Å². The SMILES string of the molecule is CCOP(=O)(CC)OCCN1CCNCC1. The Hall–Kier alpha value is 0.0700. The van der Waals surface area contributed by atoms with Gasteiger partial charge in [-0.25, -0.2) is 0 Å². The van der Waals surface area contributed by atoms with Gasteiger partial charge in [0.25, 0.3) is 0 Å². The maximum absolute atomic E-state index is 11.9.